The molecule has 1 aromatic rings. The lowest BCUT2D eigenvalue weighted by Crippen LogP contribution is -2.30. The zero-order valence-corrected chi connectivity index (χ0v) is 11.1. The van der Waals surface area contributed by atoms with Crippen LogP contribution in [0.4, 0.5) is 5.69 Å². The maximum atomic E-state index is 5.48. The number of nitrogens with zero attached hydrogens (tertiary/aromatic N) is 1. The molecule has 1 heterocycles. The quantitative estimate of drug-likeness (QED) is 0.793. The second-order valence-electron chi connectivity index (χ2n) is 4.24. The summed E-state index contributed by atoms with van der Waals surface area (Å²) in [7, 11) is 1.62. The van der Waals surface area contributed by atoms with Gasteiger partial charge in [0.25, 0.3) is 0 Å². The van der Waals surface area contributed by atoms with Gasteiger partial charge in [0.2, 0.25) is 5.88 Å². The van der Waals surface area contributed by atoms with Gasteiger partial charge < -0.3 is 14.8 Å². The summed E-state index contributed by atoms with van der Waals surface area (Å²) >= 11 is 0. The first-order valence-corrected chi connectivity index (χ1v) is 6.01. The van der Waals surface area contributed by atoms with Crippen molar-refractivity contribution in [1.29, 1.82) is 0 Å². The third kappa shape index (κ3) is 4.61. The van der Waals surface area contributed by atoms with Crippen molar-refractivity contribution >= 4 is 5.69 Å². The Morgan fingerprint density at radius 2 is 2.18 bits per heavy atom. The van der Waals surface area contributed by atoms with E-state index in [1.807, 2.05) is 19.1 Å². The van der Waals surface area contributed by atoms with E-state index >= 15 is 0 Å². The fraction of sp³-hybridized carbons (Fsp3) is 0.615. The van der Waals surface area contributed by atoms with Crippen LogP contribution in [0.5, 0.6) is 5.88 Å². The standard InChI is InChI=1S/C13H22N2O2/c1-5-17-9-12(10(2)3)15-11-6-7-14-13(8-11)16-4/h6-8,10,12H,5,9H2,1-4H3,(H,14,15). The Labute approximate surface area is 103 Å². The highest BCUT2D eigenvalue weighted by atomic mass is 16.5. The van der Waals surface area contributed by atoms with E-state index in [0.717, 1.165) is 12.3 Å². The molecule has 0 amide bonds. The van der Waals surface area contributed by atoms with Crippen molar-refractivity contribution in [2.45, 2.75) is 26.8 Å². The van der Waals surface area contributed by atoms with Crippen LogP contribution < -0.4 is 10.1 Å². The molecule has 0 fully saturated rings. The molecule has 0 aliphatic heterocycles. The van der Waals surface area contributed by atoms with Crippen molar-refractivity contribution < 1.29 is 9.47 Å². The van der Waals surface area contributed by atoms with Crippen LogP contribution >= 0.6 is 0 Å². The molecular weight excluding hydrogens is 216 g/mol. The zero-order chi connectivity index (χ0) is 12.7. The summed E-state index contributed by atoms with van der Waals surface area (Å²) in [6.45, 7) is 7.81. The molecule has 17 heavy (non-hydrogen) atoms. The van der Waals surface area contributed by atoms with Crippen molar-refractivity contribution in [3.8, 4) is 5.88 Å². The molecule has 0 aliphatic rings. The number of rotatable bonds is 7. The smallest absolute Gasteiger partial charge is 0.214 e. The number of ether oxygens (including phenoxy) is 2. The molecule has 0 bridgehead atoms. The van der Waals surface area contributed by atoms with E-state index in [-0.39, 0.29) is 0 Å². The van der Waals surface area contributed by atoms with Crippen LogP contribution in [0.3, 0.4) is 0 Å². The fourth-order valence-corrected chi connectivity index (χ4v) is 1.47. The molecule has 0 aliphatic carbocycles. The largest absolute Gasteiger partial charge is 0.481 e. The molecule has 1 aromatic heterocycles. The summed E-state index contributed by atoms with van der Waals surface area (Å²) in [6, 6.07) is 4.12. The third-order valence-electron chi connectivity index (χ3n) is 2.60. The van der Waals surface area contributed by atoms with Crippen molar-refractivity contribution in [3.05, 3.63) is 18.3 Å². The van der Waals surface area contributed by atoms with Crippen molar-refractivity contribution in [2.24, 2.45) is 5.92 Å². The minimum atomic E-state index is 0.294. The van der Waals surface area contributed by atoms with Gasteiger partial charge in [-0.25, -0.2) is 4.98 Å². The monoisotopic (exact) mass is 238 g/mol. The van der Waals surface area contributed by atoms with Crippen LogP contribution in [0.15, 0.2) is 18.3 Å². The second kappa shape index (κ2) is 7.12. The van der Waals surface area contributed by atoms with Crippen molar-refractivity contribution in [1.82, 2.24) is 4.98 Å². The van der Waals surface area contributed by atoms with Crippen LogP contribution in [-0.4, -0.2) is 31.3 Å². The van der Waals surface area contributed by atoms with Crippen molar-refractivity contribution in [2.75, 3.05) is 25.6 Å². The van der Waals surface area contributed by atoms with Gasteiger partial charge in [0.05, 0.1) is 19.8 Å². The molecule has 1 atom stereocenters. The Morgan fingerprint density at radius 3 is 2.76 bits per heavy atom. The van der Waals surface area contributed by atoms with Crippen LogP contribution in [0.2, 0.25) is 0 Å². The molecule has 1 N–H and O–H groups in total. The lowest BCUT2D eigenvalue weighted by molar-refractivity contribution is 0.127. The normalized spacial score (nSPS) is 12.5. The second-order valence-corrected chi connectivity index (χ2v) is 4.24. The molecule has 4 heteroatoms. The highest BCUT2D eigenvalue weighted by molar-refractivity contribution is 5.45. The number of aromatic nitrogens is 1. The summed E-state index contributed by atoms with van der Waals surface area (Å²) in [5.74, 6) is 1.12. The number of hydrogen-bond donors (Lipinski definition) is 1. The number of methoxy groups -OCH3 is 1. The van der Waals surface area contributed by atoms with E-state index in [0.29, 0.717) is 24.4 Å². The topological polar surface area (TPSA) is 43.4 Å². The predicted octanol–water partition coefficient (Wildman–Crippen LogP) is 2.56. The molecule has 96 valence electrons. The van der Waals surface area contributed by atoms with Crippen LogP contribution in [0.1, 0.15) is 20.8 Å². The molecule has 0 saturated carbocycles. The Bertz CT molecular complexity index is 329. The SMILES string of the molecule is CCOCC(Nc1ccnc(OC)c1)C(C)C. The maximum absolute atomic E-state index is 5.48. The summed E-state index contributed by atoms with van der Waals surface area (Å²) in [6.07, 6.45) is 1.74. The molecule has 0 spiro atoms. The molecule has 0 saturated heterocycles. The van der Waals surface area contributed by atoms with Crippen LogP contribution in [0.25, 0.3) is 0 Å². The van der Waals surface area contributed by atoms with Crippen LogP contribution in [0, 0.1) is 5.92 Å². The predicted molar refractivity (Wildman–Crippen MR) is 69.5 cm³/mol. The first-order valence-electron chi connectivity index (χ1n) is 6.01. The zero-order valence-electron chi connectivity index (χ0n) is 11.1. The van der Waals surface area contributed by atoms with Gasteiger partial charge in [-0.3, -0.25) is 0 Å². The van der Waals surface area contributed by atoms with E-state index in [2.05, 4.69) is 24.1 Å². The maximum Gasteiger partial charge on any atom is 0.214 e. The lowest BCUT2D eigenvalue weighted by atomic mass is 10.1. The lowest BCUT2D eigenvalue weighted by Gasteiger charge is -2.23. The number of nitrogens with one attached hydrogen (secondary N) is 1. The Hall–Kier alpha value is -1.29. The average molecular weight is 238 g/mol. The van der Waals surface area contributed by atoms with E-state index in [1.165, 1.54) is 0 Å². The summed E-state index contributed by atoms with van der Waals surface area (Å²) < 4.78 is 10.6. The van der Waals surface area contributed by atoms with Crippen LogP contribution in [-0.2, 0) is 4.74 Å². The minimum absolute atomic E-state index is 0.294. The molecule has 1 rings (SSSR count). The van der Waals surface area contributed by atoms with E-state index in [1.54, 1.807) is 13.3 Å². The summed E-state index contributed by atoms with van der Waals surface area (Å²) in [4.78, 5) is 4.08. The highest BCUT2D eigenvalue weighted by Crippen LogP contribution is 2.17. The van der Waals surface area contributed by atoms with Crippen molar-refractivity contribution in [3.63, 3.8) is 0 Å². The Balaban J connectivity index is 2.64. The van der Waals surface area contributed by atoms with E-state index < -0.39 is 0 Å². The van der Waals surface area contributed by atoms with E-state index in [9.17, 15) is 0 Å². The number of anilines is 1. The van der Waals surface area contributed by atoms with Gasteiger partial charge in [-0.1, -0.05) is 13.8 Å². The molecule has 0 aromatic carbocycles. The fourth-order valence-electron chi connectivity index (χ4n) is 1.47. The Morgan fingerprint density at radius 1 is 1.41 bits per heavy atom. The first-order chi connectivity index (χ1) is 8.17. The molecule has 4 nitrogen and oxygen atoms in total. The van der Waals surface area contributed by atoms with Gasteiger partial charge >= 0.3 is 0 Å². The number of pyridine rings is 1. The van der Waals surface area contributed by atoms with Gasteiger partial charge in [0.1, 0.15) is 0 Å². The molecule has 0 radical (unpaired) electrons. The van der Waals surface area contributed by atoms with Gasteiger partial charge in [-0.05, 0) is 18.9 Å². The summed E-state index contributed by atoms with van der Waals surface area (Å²) in [5, 5.41) is 3.44. The van der Waals surface area contributed by atoms with E-state index in [4.69, 9.17) is 9.47 Å². The first kappa shape index (κ1) is 13.8. The Kier molecular flexibility index (Phi) is 5.77. The third-order valence-corrected chi connectivity index (χ3v) is 2.60. The van der Waals surface area contributed by atoms with Gasteiger partial charge in [0.15, 0.2) is 0 Å². The van der Waals surface area contributed by atoms with Gasteiger partial charge in [-0.15, -0.1) is 0 Å². The highest BCUT2D eigenvalue weighted by Gasteiger charge is 2.13. The molecular formula is C13H22N2O2. The van der Waals surface area contributed by atoms with Gasteiger partial charge in [0, 0.05) is 24.6 Å². The summed E-state index contributed by atoms with van der Waals surface area (Å²) in [5.41, 5.74) is 1.01. The number of hydrogen-bond acceptors (Lipinski definition) is 4. The average Bonchev–Trinajstić information content (AvgIpc) is 2.34. The minimum Gasteiger partial charge on any atom is -0.481 e. The molecule has 1 unspecified atom stereocenters. The van der Waals surface area contributed by atoms with Gasteiger partial charge in [-0.2, -0.15) is 0 Å².